The van der Waals surface area contributed by atoms with Crippen LogP contribution < -0.4 is 10.1 Å². The van der Waals surface area contributed by atoms with Crippen LogP contribution in [-0.2, 0) is 0 Å². The second-order valence-electron chi connectivity index (χ2n) is 4.70. The Morgan fingerprint density at radius 1 is 1.25 bits per heavy atom. The van der Waals surface area contributed by atoms with E-state index in [-0.39, 0.29) is 11.1 Å². The Bertz CT molecular complexity index is 588. The lowest BCUT2D eigenvalue weighted by Crippen LogP contribution is -2.23. The van der Waals surface area contributed by atoms with Gasteiger partial charge in [0.25, 0.3) is 0 Å². The van der Waals surface area contributed by atoms with Crippen molar-refractivity contribution in [2.24, 2.45) is 0 Å². The maximum atomic E-state index is 13.0. The van der Waals surface area contributed by atoms with E-state index in [1.165, 1.54) is 6.07 Å². The second kappa shape index (κ2) is 6.62. The number of nitrogens with one attached hydrogen (secondary N) is 1. The van der Waals surface area contributed by atoms with Gasteiger partial charge in [0.15, 0.2) is 0 Å². The van der Waals surface area contributed by atoms with Gasteiger partial charge >= 0.3 is 0 Å². The summed E-state index contributed by atoms with van der Waals surface area (Å²) in [5.41, 5.74) is 1.88. The highest BCUT2D eigenvalue weighted by atomic mass is 35.5. The molecule has 0 aliphatic heterocycles. The largest absolute Gasteiger partial charge is 0.489 e. The summed E-state index contributed by atoms with van der Waals surface area (Å²) in [7, 11) is 0. The van der Waals surface area contributed by atoms with E-state index < -0.39 is 5.82 Å². The molecule has 2 nitrogen and oxygen atoms in total. The number of rotatable bonds is 5. The molecule has 106 valence electrons. The Morgan fingerprint density at radius 3 is 2.70 bits per heavy atom. The van der Waals surface area contributed by atoms with Gasteiger partial charge in [0.1, 0.15) is 17.7 Å². The second-order valence-corrected chi connectivity index (χ2v) is 5.11. The predicted octanol–water partition coefficient (Wildman–Crippen LogP) is 4.67. The minimum absolute atomic E-state index is 0.0140. The van der Waals surface area contributed by atoms with Crippen LogP contribution in [0.5, 0.6) is 5.75 Å². The fourth-order valence-electron chi connectivity index (χ4n) is 1.81. The van der Waals surface area contributed by atoms with Crippen LogP contribution in [0.2, 0.25) is 5.02 Å². The summed E-state index contributed by atoms with van der Waals surface area (Å²) < 4.78 is 18.9. The molecule has 2 rings (SSSR count). The maximum Gasteiger partial charge on any atom is 0.141 e. The number of hydrogen-bond acceptors (Lipinski definition) is 2. The lowest BCUT2D eigenvalue weighted by atomic mass is 10.2. The number of aryl methyl sites for hydroxylation is 1. The fraction of sp³-hybridized carbons (Fsp3) is 0.250. The predicted molar refractivity (Wildman–Crippen MR) is 81.2 cm³/mol. The van der Waals surface area contributed by atoms with Crippen molar-refractivity contribution in [1.29, 1.82) is 0 Å². The van der Waals surface area contributed by atoms with Crippen LogP contribution in [0.15, 0.2) is 42.5 Å². The van der Waals surface area contributed by atoms with E-state index in [9.17, 15) is 4.39 Å². The highest BCUT2D eigenvalue weighted by Crippen LogP contribution is 2.20. The van der Waals surface area contributed by atoms with Crippen molar-refractivity contribution < 1.29 is 9.13 Å². The molecule has 0 saturated heterocycles. The molecule has 0 saturated carbocycles. The van der Waals surface area contributed by atoms with Crippen molar-refractivity contribution >= 4 is 17.3 Å². The van der Waals surface area contributed by atoms with Crippen LogP contribution in [0.25, 0.3) is 0 Å². The third-order valence-corrected chi connectivity index (χ3v) is 3.22. The van der Waals surface area contributed by atoms with Crippen LogP contribution in [0, 0.1) is 12.7 Å². The SMILES string of the molecule is Cc1ccccc1OC(C)CNc1ccc(F)c(Cl)c1. The van der Waals surface area contributed by atoms with Crippen molar-refractivity contribution in [2.45, 2.75) is 20.0 Å². The van der Waals surface area contributed by atoms with E-state index >= 15 is 0 Å². The van der Waals surface area contributed by atoms with Gasteiger partial charge < -0.3 is 10.1 Å². The number of hydrogen-bond donors (Lipinski definition) is 1. The molecule has 4 heteroatoms. The molecule has 0 fully saturated rings. The van der Waals surface area contributed by atoms with Crippen molar-refractivity contribution in [1.82, 2.24) is 0 Å². The molecule has 1 unspecified atom stereocenters. The van der Waals surface area contributed by atoms with E-state index in [4.69, 9.17) is 16.3 Å². The first-order valence-corrected chi connectivity index (χ1v) is 6.85. The Labute approximate surface area is 123 Å². The van der Waals surface area contributed by atoms with Gasteiger partial charge in [-0.1, -0.05) is 29.8 Å². The Morgan fingerprint density at radius 2 is 2.00 bits per heavy atom. The van der Waals surface area contributed by atoms with Gasteiger partial charge in [-0.3, -0.25) is 0 Å². The summed E-state index contributed by atoms with van der Waals surface area (Å²) >= 11 is 5.73. The van der Waals surface area contributed by atoms with Crippen molar-refractivity contribution in [2.75, 3.05) is 11.9 Å². The Balaban J connectivity index is 1.90. The fourth-order valence-corrected chi connectivity index (χ4v) is 2.00. The van der Waals surface area contributed by atoms with Crippen molar-refractivity contribution in [3.63, 3.8) is 0 Å². The van der Waals surface area contributed by atoms with Gasteiger partial charge in [0, 0.05) is 5.69 Å². The number of para-hydroxylation sites is 1. The van der Waals surface area contributed by atoms with E-state index in [1.807, 2.05) is 38.1 Å². The summed E-state index contributed by atoms with van der Waals surface area (Å²) in [6, 6.07) is 12.4. The van der Waals surface area contributed by atoms with Crippen LogP contribution >= 0.6 is 11.6 Å². The first kappa shape index (κ1) is 14.7. The quantitative estimate of drug-likeness (QED) is 0.865. The van der Waals surface area contributed by atoms with Crippen molar-refractivity contribution in [3.8, 4) is 5.75 Å². The molecule has 1 atom stereocenters. The number of ether oxygens (including phenoxy) is 1. The first-order chi connectivity index (χ1) is 9.56. The van der Waals surface area contributed by atoms with Crippen molar-refractivity contribution in [3.05, 3.63) is 58.9 Å². The summed E-state index contributed by atoms with van der Waals surface area (Å²) in [5.74, 6) is 0.459. The topological polar surface area (TPSA) is 21.3 Å². The Hall–Kier alpha value is -1.74. The van der Waals surface area contributed by atoms with Gasteiger partial charge in [-0.25, -0.2) is 4.39 Å². The molecule has 0 spiro atoms. The molecular formula is C16H17ClFNO. The lowest BCUT2D eigenvalue weighted by Gasteiger charge is -2.17. The highest BCUT2D eigenvalue weighted by molar-refractivity contribution is 6.31. The van der Waals surface area contributed by atoms with Gasteiger partial charge in [-0.05, 0) is 43.7 Å². The molecule has 2 aromatic rings. The highest BCUT2D eigenvalue weighted by Gasteiger charge is 2.07. The Kier molecular flexibility index (Phi) is 4.85. The third-order valence-electron chi connectivity index (χ3n) is 2.93. The van der Waals surface area contributed by atoms with Gasteiger partial charge in [0.2, 0.25) is 0 Å². The third kappa shape index (κ3) is 3.87. The van der Waals surface area contributed by atoms with E-state index in [2.05, 4.69) is 5.32 Å². The molecule has 0 radical (unpaired) electrons. The van der Waals surface area contributed by atoms with Crippen LogP contribution in [0.4, 0.5) is 10.1 Å². The van der Waals surface area contributed by atoms with Crippen LogP contribution in [-0.4, -0.2) is 12.6 Å². The minimum atomic E-state index is -0.415. The molecule has 0 aliphatic carbocycles. The average Bonchev–Trinajstić information content (AvgIpc) is 2.43. The van der Waals surface area contributed by atoms with Crippen LogP contribution in [0.3, 0.4) is 0 Å². The number of benzene rings is 2. The molecule has 0 aliphatic rings. The zero-order chi connectivity index (χ0) is 14.5. The minimum Gasteiger partial charge on any atom is -0.489 e. The summed E-state index contributed by atoms with van der Waals surface area (Å²) in [5, 5.41) is 3.29. The van der Waals surface area contributed by atoms with Crippen LogP contribution in [0.1, 0.15) is 12.5 Å². The molecule has 2 aromatic carbocycles. The standard InChI is InChI=1S/C16H17ClFNO/c1-11-5-3-4-6-16(11)20-12(2)10-19-13-7-8-15(18)14(17)9-13/h3-9,12,19H,10H2,1-2H3. The van der Waals surface area contributed by atoms with E-state index in [0.29, 0.717) is 6.54 Å². The molecule has 20 heavy (non-hydrogen) atoms. The summed E-state index contributed by atoms with van der Waals surface area (Å²) in [6.07, 6.45) is -0.0140. The van der Waals surface area contributed by atoms with Gasteiger partial charge in [-0.15, -0.1) is 0 Å². The zero-order valence-corrected chi connectivity index (χ0v) is 12.2. The molecule has 0 heterocycles. The molecule has 0 bridgehead atoms. The molecule has 1 N–H and O–H groups in total. The molecule has 0 aromatic heterocycles. The van der Waals surface area contributed by atoms with Gasteiger partial charge in [-0.2, -0.15) is 0 Å². The molecule has 0 amide bonds. The number of anilines is 1. The molecular weight excluding hydrogens is 277 g/mol. The smallest absolute Gasteiger partial charge is 0.141 e. The van der Waals surface area contributed by atoms with E-state index in [1.54, 1.807) is 12.1 Å². The zero-order valence-electron chi connectivity index (χ0n) is 11.5. The number of halogens is 2. The average molecular weight is 294 g/mol. The summed E-state index contributed by atoms with van der Waals surface area (Å²) in [4.78, 5) is 0. The monoisotopic (exact) mass is 293 g/mol. The lowest BCUT2D eigenvalue weighted by molar-refractivity contribution is 0.233. The van der Waals surface area contributed by atoms with E-state index in [0.717, 1.165) is 17.0 Å². The van der Waals surface area contributed by atoms with Gasteiger partial charge in [0.05, 0.1) is 11.6 Å². The maximum absolute atomic E-state index is 13.0. The summed E-state index contributed by atoms with van der Waals surface area (Å²) in [6.45, 7) is 4.59. The first-order valence-electron chi connectivity index (χ1n) is 6.47. The normalized spacial score (nSPS) is 12.0.